The second-order valence-corrected chi connectivity index (χ2v) is 8.34. The molecule has 2 aromatic heterocycles. The number of amides is 1. The van der Waals surface area contributed by atoms with E-state index in [1.165, 1.54) is 15.9 Å². The van der Waals surface area contributed by atoms with Crippen molar-refractivity contribution in [2.75, 3.05) is 5.32 Å². The number of hydrogen-bond donors (Lipinski definition) is 1. The highest BCUT2D eigenvalue weighted by Gasteiger charge is 2.20. The molecule has 0 aliphatic heterocycles. The molecule has 0 saturated carbocycles. The first-order valence-electron chi connectivity index (χ1n) is 7.82. The van der Waals surface area contributed by atoms with Crippen LogP contribution in [0.3, 0.4) is 0 Å². The van der Waals surface area contributed by atoms with Gasteiger partial charge in [0.2, 0.25) is 0 Å². The van der Waals surface area contributed by atoms with Crippen LogP contribution in [-0.2, 0) is 14.1 Å². The SMILES string of the molecule is Cn1c(=O)n(C)c2cc(NC(=O)c3sc4cc(Cl)cc(Cl)c4c3Cl)ccc21. The van der Waals surface area contributed by atoms with E-state index in [9.17, 15) is 9.59 Å². The monoisotopic (exact) mass is 439 g/mol. The minimum absolute atomic E-state index is 0.132. The number of rotatable bonds is 2. The quantitative estimate of drug-likeness (QED) is 0.459. The van der Waals surface area contributed by atoms with Gasteiger partial charge in [-0.1, -0.05) is 34.8 Å². The smallest absolute Gasteiger partial charge is 0.321 e. The predicted molar refractivity (Wildman–Crippen MR) is 113 cm³/mol. The lowest BCUT2D eigenvalue weighted by Gasteiger charge is -2.05. The summed E-state index contributed by atoms with van der Waals surface area (Å²) in [6.07, 6.45) is 0. The van der Waals surface area contributed by atoms with E-state index in [0.29, 0.717) is 31.0 Å². The number of nitrogens with zero attached hydrogens (tertiary/aromatic N) is 2. The highest BCUT2D eigenvalue weighted by molar-refractivity contribution is 7.21. The predicted octanol–water partition coefficient (Wildman–Crippen LogP) is 5.30. The maximum Gasteiger partial charge on any atom is 0.328 e. The van der Waals surface area contributed by atoms with E-state index in [4.69, 9.17) is 34.8 Å². The second-order valence-electron chi connectivity index (χ2n) is 6.06. The Bertz CT molecular complexity index is 1300. The highest BCUT2D eigenvalue weighted by Crippen LogP contribution is 2.41. The Balaban J connectivity index is 1.74. The molecule has 1 amide bonds. The largest absolute Gasteiger partial charge is 0.328 e. The molecule has 0 atom stereocenters. The van der Waals surface area contributed by atoms with E-state index >= 15 is 0 Å². The molecule has 0 radical (unpaired) electrons. The number of imidazole rings is 1. The third kappa shape index (κ3) is 2.93. The van der Waals surface area contributed by atoms with Gasteiger partial charge in [0.25, 0.3) is 5.91 Å². The molecule has 2 aromatic carbocycles. The van der Waals surface area contributed by atoms with Crippen molar-refractivity contribution in [2.45, 2.75) is 0 Å². The molecule has 9 heteroatoms. The lowest BCUT2D eigenvalue weighted by atomic mass is 10.2. The molecule has 4 rings (SSSR count). The van der Waals surface area contributed by atoms with Crippen molar-refractivity contribution in [3.63, 3.8) is 0 Å². The number of anilines is 1. The van der Waals surface area contributed by atoms with Gasteiger partial charge in [0.05, 0.1) is 21.1 Å². The fourth-order valence-corrected chi connectivity index (χ4v) is 5.30. The number of aromatic nitrogens is 2. The van der Waals surface area contributed by atoms with E-state index < -0.39 is 0 Å². The molecule has 5 nitrogen and oxygen atoms in total. The van der Waals surface area contributed by atoms with E-state index in [-0.39, 0.29) is 11.6 Å². The minimum atomic E-state index is -0.353. The van der Waals surface area contributed by atoms with Crippen LogP contribution in [0.4, 0.5) is 5.69 Å². The molecule has 0 spiro atoms. The summed E-state index contributed by atoms with van der Waals surface area (Å²) in [5, 5.41) is 4.61. The Kier molecular flexibility index (Phi) is 4.47. The van der Waals surface area contributed by atoms with Crippen LogP contribution in [0.2, 0.25) is 15.1 Å². The number of carbonyl (C=O) groups is 1. The molecule has 0 fully saturated rings. The molecule has 1 N–H and O–H groups in total. The molecule has 0 saturated heterocycles. The Morgan fingerprint density at radius 3 is 2.48 bits per heavy atom. The molecule has 0 aliphatic rings. The van der Waals surface area contributed by atoms with Crippen molar-refractivity contribution in [1.29, 1.82) is 0 Å². The first-order valence-corrected chi connectivity index (χ1v) is 9.77. The van der Waals surface area contributed by atoms with Crippen molar-refractivity contribution in [3.05, 3.63) is 60.8 Å². The third-order valence-corrected chi connectivity index (χ3v) is 6.53. The van der Waals surface area contributed by atoms with Crippen molar-refractivity contribution < 1.29 is 4.79 Å². The Hall–Kier alpha value is -1.99. The summed E-state index contributed by atoms with van der Waals surface area (Å²) < 4.78 is 3.82. The third-order valence-electron chi connectivity index (χ3n) is 4.39. The Morgan fingerprint density at radius 1 is 1.04 bits per heavy atom. The Morgan fingerprint density at radius 2 is 1.74 bits per heavy atom. The maximum absolute atomic E-state index is 12.8. The van der Waals surface area contributed by atoms with E-state index in [2.05, 4.69) is 5.32 Å². The fourth-order valence-electron chi connectivity index (χ4n) is 3.03. The lowest BCUT2D eigenvalue weighted by molar-refractivity contribution is 0.103. The van der Waals surface area contributed by atoms with Crippen LogP contribution < -0.4 is 11.0 Å². The number of carbonyl (C=O) groups excluding carboxylic acids is 1. The van der Waals surface area contributed by atoms with Gasteiger partial charge in [-0.05, 0) is 30.3 Å². The van der Waals surface area contributed by atoms with Crippen LogP contribution >= 0.6 is 46.1 Å². The van der Waals surface area contributed by atoms with E-state index in [1.807, 2.05) is 0 Å². The number of nitrogens with one attached hydrogen (secondary N) is 1. The number of thiophene rings is 1. The molecule has 4 aromatic rings. The summed E-state index contributed by atoms with van der Waals surface area (Å²) in [7, 11) is 3.39. The number of fused-ring (bicyclic) bond motifs is 2. The standard InChI is InChI=1S/C18H12Cl3N3O2S/c1-23-11-4-3-9(7-12(11)24(2)18(23)26)22-17(25)16-15(21)14-10(20)5-8(19)6-13(14)27-16/h3-7H,1-2H3,(H,22,25). The van der Waals surface area contributed by atoms with Gasteiger partial charge in [-0.25, -0.2) is 4.79 Å². The number of aryl methyl sites for hydroxylation is 2. The van der Waals surface area contributed by atoms with Crippen LogP contribution in [0.1, 0.15) is 9.67 Å². The summed E-state index contributed by atoms with van der Waals surface area (Å²) in [5.41, 5.74) is 1.93. The molecule has 0 aliphatic carbocycles. The first kappa shape index (κ1) is 18.4. The van der Waals surface area contributed by atoms with Crippen molar-refractivity contribution in [1.82, 2.24) is 9.13 Å². The molecule has 2 heterocycles. The van der Waals surface area contributed by atoms with Crippen LogP contribution in [-0.4, -0.2) is 15.0 Å². The maximum atomic E-state index is 12.8. The molecule has 0 unspecified atom stereocenters. The van der Waals surface area contributed by atoms with Crippen LogP contribution in [0, 0.1) is 0 Å². The van der Waals surface area contributed by atoms with Gasteiger partial charge < -0.3 is 5.32 Å². The van der Waals surface area contributed by atoms with Crippen LogP contribution in [0.25, 0.3) is 21.1 Å². The highest BCUT2D eigenvalue weighted by atomic mass is 35.5. The summed E-state index contributed by atoms with van der Waals surface area (Å²) in [4.78, 5) is 25.2. The molecule has 138 valence electrons. The van der Waals surface area contributed by atoms with Gasteiger partial charge in [0.1, 0.15) is 4.88 Å². The van der Waals surface area contributed by atoms with Gasteiger partial charge in [0.15, 0.2) is 0 Å². The lowest BCUT2D eigenvalue weighted by Crippen LogP contribution is -2.19. The fraction of sp³-hybridized carbons (Fsp3) is 0.111. The summed E-state index contributed by atoms with van der Waals surface area (Å²) in [5.74, 6) is -0.353. The molecule has 0 bridgehead atoms. The topological polar surface area (TPSA) is 56.0 Å². The average Bonchev–Trinajstić information content (AvgIpc) is 3.05. The van der Waals surface area contributed by atoms with Crippen molar-refractivity contribution >= 4 is 78.9 Å². The minimum Gasteiger partial charge on any atom is -0.321 e. The van der Waals surface area contributed by atoms with Gasteiger partial charge in [-0.3, -0.25) is 13.9 Å². The normalized spacial score (nSPS) is 11.4. The zero-order valence-corrected chi connectivity index (χ0v) is 17.2. The number of hydrogen-bond acceptors (Lipinski definition) is 3. The summed E-state index contributed by atoms with van der Waals surface area (Å²) >= 11 is 19.9. The second kappa shape index (κ2) is 6.56. The summed E-state index contributed by atoms with van der Waals surface area (Å²) in [6, 6.07) is 8.59. The zero-order chi connectivity index (χ0) is 19.5. The van der Waals surface area contributed by atoms with E-state index in [1.54, 1.807) is 49.0 Å². The van der Waals surface area contributed by atoms with Gasteiger partial charge in [0, 0.05) is 34.9 Å². The molecular weight excluding hydrogens is 429 g/mol. The first-order chi connectivity index (χ1) is 12.8. The Labute approximate surface area is 172 Å². The van der Waals surface area contributed by atoms with E-state index in [0.717, 1.165) is 15.7 Å². The average molecular weight is 441 g/mol. The van der Waals surface area contributed by atoms with Crippen LogP contribution in [0.15, 0.2) is 35.1 Å². The van der Waals surface area contributed by atoms with Gasteiger partial charge >= 0.3 is 5.69 Å². The number of benzene rings is 2. The molecular formula is C18H12Cl3N3O2S. The molecule has 27 heavy (non-hydrogen) atoms. The zero-order valence-electron chi connectivity index (χ0n) is 14.1. The van der Waals surface area contributed by atoms with Gasteiger partial charge in [-0.2, -0.15) is 0 Å². The van der Waals surface area contributed by atoms with Crippen molar-refractivity contribution in [3.8, 4) is 0 Å². The van der Waals surface area contributed by atoms with Gasteiger partial charge in [-0.15, -0.1) is 11.3 Å². The number of halogens is 3. The van der Waals surface area contributed by atoms with Crippen molar-refractivity contribution in [2.24, 2.45) is 14.1 Å². The van der Waals surface area contributed by atoms with Crippen LogP contribution in [0.5, 0.6) is 0 Å². The summed E-state index contributed by atoms with van der Waals surface area (Å²) in [6.45, 7) is 0.